The van der Waals surface area contributed by atoms with Crippen LogP contribution in [0.3, 0.4) is 0 Å². The molecule has 1 fully saturated rings. The van der Waals surface area contributed by atoms with Crippen molar-refractivity contribution in [3.63, 3.8) is 0 Å². The highest BCUT2D eigenvalue weighted by Gasteiger charge is 2.18. The molecule has 1 aromatic heterocycles. The first-order valence-corrected chi connectivity index (χ1v) is 5.60. The molecule has 13 heavy (non-hydrogen) atoms. The second-order valence-corrected chi connectivity index (χ2v) is 4.66. The lowest BCUT2D eigenvalue weighted by molar-refractivity contribution is 0.605. The molecule has 0 aromatic carbocycles. The molecule has 0 amide bonds. The van der Waals surface area contributed by atoms with Crippen LogP contribution in [0.15, 0.2) is 0 Å². The Balaban J connectivity index is 2.00. The van der Waals surface area contributed by atoms with Gasteiger partial charge in [-0.2, -0.15) is 4.37 Å². The highest BCUT2D eigenvalue weighted by atomic mass is 32.1. The third-order valence-electron chi connectivity index (χ3n) is 2.17. The molecule has 0 unspecified atom stereocenters. The fourth-order valence-corrected chi connectivity index (χ4v) is 2.08. The van der Waals surface area contributed by atoms with Crippen molar-refractivity contribution in [1.82, 2.24) is 9.36 Å². The van der Waals surface area contributed by atoms with Gasteiger partial charge in [0.1, 0.15) is 5.82 Å². The average Bonchev–Trinajstić information content (AvgIpc) is 2.31. The Morgan fingerprint density at radius 3 is 2.77 bits per heavy atom. The van der Waals surface area contributed by atoms with Crippen LogP contribution in [0, 0.1) is 5.92 Å². The summed E-state index contributed by atoms with van der Waals surface area (Å²) >= 11 is 1.54. The monoisotopic (exact) mass is 197 g/mol. The van der Waals surface area contributed by atoms with Gasteiger partial charge in [0.15, 0.2) is 0 Å². The maximum Gasteiger partial charge on any atom is 0.205 e. The molecule has 2 rings (SSSR count). The Morgan fingerprint density at radius 2 is 2.23 bits per heavy atom. The van der Waals surface area contributed by atoms with Crippen LogP contribution >= 0.6 is 11.5 Å². The number of rotatable bonds is 3. The Morgan fingerprint density at radius 1 is 1.46 bits per heavy atom. The number of hydrogen-bond donors (Lipinski definition) is 0. The maximum atomic E-state index is 4.51. The Kier molecular flexibility index (Phi) is 2.49. The third kappa shape index (κ3) is 1.99. The molecule has 1 aliphatic heterocycles. The van der Waals surface area contributed by atoms with E-state index in [0.717, 1.165) is 30.5 Å². The van der Waals surface area contributed by atoms with Crippen molar-refractivity contribution < 1.29 is 0 Å². The molecule has 1 aromatic rings. The minimum Gasteiger partial charge on any atom is -0.347 e. The molecule has 0 N–H and O–H groups in total. The summed E-state index contributed by atoms with van der Waals surface area (Å²) in [5.41, 5.74) is 0. The number of anilines is 1. The first-order valence-electron chi connectivity index (χ1n) is 4.83. The smallest absolute Gasteiger partial charge is 0.205 e. The van der Waals surface area contributed by atoms with Gasteiger partial charge in [-0.3, -0.25) is 0 Å². The summed E-state index contributed by atoms with van der Waals surface area (Å²) in [6.07, 6.45) is 2.31. The van der Waals surface area contributed by atoms with Gasteiger partial charge >= 0.3 is 0 Å². The molecular weight excluding hydrogens is 182 g/mol. The zero-order valence-corrected chi connectivity index (χ0v) is 8.97. The first kappa shape index (κ1) is 8.94. The van der Waals surface area contributed by atoms with Gasteiger partial charge in [-0.15, -0.1) is 0 Å². The standard InChI is InChI=1S/C9H15N3S/c1-7(2)6-8-10-9(13-11-8)12-4-3-5-12/h7H,3-6H2,1-2H3. The van der Waals surface area contributed by atoms with E-state index in [2.05, 4.69) is 28.1 Å². The third-order valence-corrected chi connectivity index (χ3v) is 2.99. The van der Waals surface area contributed by atoms with E-state index in [0.29, 0.717) is 5.92 Å². The van der Waals surface area contributed by atoms with E-state index >= 15 is 0 Å². The predicted molar refractivity (Wildman–Crippen MR) is 55.3 cm³/mol. The molecule has 0 aliphatic carbocycles. The highest BCUT2D eigenvalue weighted by Crippen LogP contribution is 2.22. The largest absolute Gasteiger partial charge is 0.347 e. The summed E-state index contributed by atoms with van der Waals surface area (Å²) in [5, 5.41) is 1.11. The quantitative estimate of drug-likeness (QED) is 0.741. The van der Waals surface area contributed by atoms with Crippen LogP contribution in [0.1, 0.15) is 26.1 Å². The normalized spacial score (nSPS) is 16.4. The van der Waals surface area contributed by atoms with Crippen molar-refractivity contribution in [1.29, 1.82) is 0 Å². The van der Waals surface area contributed by atoms with Gasteiger partial charge in [0, 0.05) is 31.0 Å². The van der Waals surface area contributed by atoms with E-state index in [-0.39, 0.29) is 0 Å². The van der Waals surface area contributed by atoms with Crippen molar-refractivity contribution in [3.8, 4) is 0 Å². The van der Waals surface area contributed by atoms with E-state index in [1.54, 1.807) is 11.5 Å². The predicted octanol–water partition coefficient (Wildman–Crippen LogP) is 1.95. The summed E-state index contributed by atoms with van der Waals surface area (Å²) in [6, 6.07) is 0. The van der Waals surface area contributed by atoms with E-state index in [9.17, 15) is 0 Å². The molecule has 0 bridgehead atoms. The molecule has 1 aliphatic rings. The van der Waals surface area contributed by atoms with E-state index in [1.807, 2.05) is 0 Å². The Bertz CT molecular complexity index is 278. The van der Waals surface area contributed by atoms with Gasteiger partial charge in [0.2, 0.25) is 5.13 Å². The van der Waals surface area contributed by atoms with Gasteiger partial charge in [0.05, 0.1) is 0 Å². The maximum absolute atomic E-state index is 4.51. The topological polar surface area (TPSA) is 29.0 Å². The number of aromatic nitrogens is 2. The van der Waals surface area contributed by atoms with Crippen LogP contribution in [0.25, 0.3) is 0 Å². The van der Waals surface area contributed by atoms with Crippen LogP contribution in [-0.4, -0.2) is 22.4 Å². The minimum atomic E-state index is 0.652. The van der Waals surface area contributed by atoms with Crippen LogP contribution in [0.2, 0.25) is 0 Å². The Labute approximate surface area is 83.0 Å². The lowest BCUT2D eigenvalue weighted by Crippen LogP contribution is -2.36. The van der Waals surface area contributed by atoms with E-state index in [1.165, 1.54) is 6.42 Å². The van der Waals surface area contributed by atoms with Gasteiger partial charge in [-0.1, -0.05) is 13.8 Å². The molecule has 0 atom stereocenters. The molecule has 72 valence electrons. The van der Waals surface area contributed by atoms with E-state index in [4.69, 9.17) is 0 Å². The summed E-state index contributed by atoms with van der Waals surface area (Å²) in [6.45, 7) is 6.72. The molecule has 3 nitrogen and oxygen atoms in total. The van der Waals surface area contributed by atoms with Crippen molar-refractivity contribution in [2.75, 3.05) is 18.0 Å². The lowest BCUT2D eigenvalue weighted by Gasteiger charge is -2.29. The fraction of sp³-hybridized carbons (Fsp3) is 0.778. The molecular formula is C9H15N3S. The second-order valence-electron chi connectivity index (χ2n) is 3.93. The van der Waals surface area contributed by atoms with Crippen LogP contribution in [-0.2, 0) is 6.42 Å². The fourth-order valence-electron chi connectivity index (χ4n) is 1.33. The van der Waals surface area contributed by atoms with Gasteiger partial charge in [-0.05, 0) is 12.3 Å². The summed E-state index contributed by atoms with van der Waals surface area (Å²) in [5.74, 6) is 1.67. The minimum absolute atomic E-state index is 0.652. The van der Waals surface area contributed by atoms with Crippen molar-refractivity contribution >= 4 is 16.7 Å². The van der Waals surface area contributed by atoms with Crippen molar-refractivity contribution in [2.45, 2.75) is 26.7 Å². The zero-order valence-electron chi connectivity index (χ0n) is 8.16. The number of hydrogen-bond acceptors (Lipinski definition) is 4. The second kappa shape index (κ2) is 3.62. The molecule has 1 saturated heterocycles. The molecule has 4 heteroatoms. The van der Waals surface area contributed by atoms with Gasteiger partial charge in [-0.25, -0.2) is 4.98 Å². The van der Waals surface area contributed by atoms with E-state index < -0.39 is 0 Å². The molecule has 2 heterocycles. The average molecular weight is 197 g/mol. The summed E-state index contributed by atoms with van der Waals surface area (Å²) in [7, 11) is 0. The van der Waals surface area contributed by atoms with Crippen LogP contribution < -0.4 is 4.90 Å². The Hall–Kier alpha value is -0.640. The molecule has 0 radical (unpaired) electrons. The van der Waals surface area contributed by atoms with Crippen LogP contribution in [0.5, 0.6) is 0 Å². The summed E-state index contributed by atoms with van der Waals surface area (Å²) < 4.78 is 4.35. The van der Waals surface area contributed by atoms with Gasteiger partial charge in [0.25, 0.3) is 0 Å². The zero-order chi connectivity index (χ0) is 9.26. The van der Waals surface area contributed by atoms with Crippen molar-refractivity contribution in [2.24, 2.45) is 5.92 Å². The van der Waals surface area contributed by atoms with Crippen LogP contribution in [0.4, 0.5) is 5.13 Å². The molecule has 0 saturated carbocycles. The molecule has 0 spiro atoms. The first-order chi connectivity index (χ1) is 6.25. The highest BCUT2D eigenvalue weighted by molar-refractivity contribution is 7.09. The lowest BCUT2D eigenvalue weighted by atomic mass is 10.1. The summed E-state index contributed by atoms with van der Waals surface area (Å²) in [4.78, 5) is 6.80. The van der Waals surface area contributed by atoms with Crippen molar-refractivity contribution in [3.05, 3.63) is 5.82 Å². The van der Waals surface area contributed by atoms with Gasteiger partial charge < -0.3 is 4.90 Å². The number of nitrogens with zero attached hydrogens (tertiary/aromatic N) is 3. The SMILES string of the molecule is CC(C)Cc1nsc(N2CCC2)n1.